The lowest BCUT2D eigenvalue weighted by molar-refractivity contribution is 0.495. The Hall–Kier alpha value is -1.82. The molecule has 0 aromatic heterocycles. The fourth-order valence-electron chi connectivity index (χ4n) is 4.64. The molecule has 2 aliphatic rings. The predicted molar refractivity (Wildman–Crippen MR) is 94.7 cm³/mol. The molecule has 0 heterocycles. The van der Waals surface area contributed by atoms with Gasteiger partial charge in [-0.15, -0.1) is 0 Å². The molecule has 0 fully saturated rings. The Morgan fingerprint density at radius 1 is 0.591 bits per heavy atom. The van der Waals surface area contributed by atoms with E-state index in [1.54, 1.807) is 11.1 Å². The van der Waals surface area contributed by atoms with Gasteiger partial charge < -0.3 is 0 Å². The summed E-state index contributed by atoms with van der Waals surface area (Å²) in [6.07, 6.45) is 2.31. The largest absolute Gasteiger partial charge is 0.0620 e. The maximum atomic E-state index is 2.41. The molecule has 0 atom stereocenters. The van der Waals surface area contributed by atoms with E-state index < -0.39 is 0 Å². The summed E-state index contributed by atoms with van der Waals surface area (Å²) < 4.78 is 0. The Bertz CT molecular complexity index is 720. The standard InChI is InChI=1S/C22H24/c1-21(2)13-15-9-5-7-11-17(15)19(21)20-18-12-8-6-10-16(18)14-22(20,3)4/h5-12H,13-14H2,1-4H3/b20-19-. The molecule has 2 aromatic rings. The zero-order valence-corrected chi connectivity index (χ0v) is 14.0. The highest BCUT2D eigenvalue weighted by Gasteiger charge is 2.42. The minimum atomic E-state index is 0.216. The van der Waals surface area contributed by atoms with Crippen LogP contribution in [0.25, 0.3) is 11.1 Å². The molecule has 0 radical (unpaired) electrons. The molecule has 0 saturated heterocycles. The number of hydrogen-bond acceptors (Lipinski definition) is 0. The van der Waals surface area contributed by atoms with Crippen molar-refractivity contribution in [2.75, 3.05) is 0 Å². The lowest BCUT2D eigenvalue weighted by Gasteiger charge is -2.30. The third kappa shape index (κ3) is 1.83. The van der Waals surface area contributed by atoms with Gasteiger partial charge in [0.15, 0.2) is 0 Å². The highest BCUT2D eigenvalue weighted by atomic mass is 14.5. The Balaban J connectivity index is 2.08. The maximum absolute atomic E-state index is 2.41. The van der Waals surface area contributed by atoms with Crippen molar-refractivity contribution in [3.05, 3.63) is 70.8 Å². The van der Waals surface area contributed by atoms with Gasteiger partial charge in [-0.1, -0.05) is 76.2 Å². The first kappa shape index (κ1) is 13.8. The highest BCUT2D eigenvalue weighted by molar-refractivity contribution is 6.00. The molecular formula is C22H24. The van der Waals surface area contributed by atoms with Gasteiger partial charge in [-0.3, -0.25) is 0 Å². The highest BCUT2D eigenvalue weighted by Crippen LogP contribution is 2.57. The second-order valence-corrected chi connectivity index (χ2v) is 8.19. The van der Waals surface area contributed by atoms with Gasteiger partial charge in [0.25, 0.3) is 0 Å². The van der Waals surface area contributed by atoms with Gasteiger partial charge >= 0.3 is 0 Å². The molecule has 0 N–H and O–H groups in total. The summed E-state index contributed by atoms with van der Waals surface area (Å²) in [5.41, 5.74) is 9.57. The summed E-state index contributed by atoms with van der Waals surface area (Å²) in [6.45, 7) is 9.64. The van der Waals surface area contributed by atoms with Gasteiger partial charge in [-0.05, 0) is 57.1 Å². The molecule has 0 nitrogen and oxygen atoms in total. The topological polar surface area (TPSA) is 0 Å². The summed E-state index contributed by atoms with van der Waals surface area (Å²) in [4.78, 5) is 0. The molecule has 0 aliphatic heterocycles. The second-order valence-electron chi connectivity index (χ2n) is 8.19. The third-order valence-electron chi connectivity index (χ3n) is 5.44. The maximum Gasteiger partial charge on any atom is -0.00538 e. The van der Waals surface area contributed by atoms with Crippen molar-refractivity contribution in [1.82, 2.24) is 0 Å². The van der Waals surface area contributed by atoms with Gasteiger partial charge in [0.2, 0.25) is 0 Å². The molecule has 4 rings (SSSR count). The zero-order valence-electron chi connectivity index (χ0n) is 14.0. The normalized spacial score (nSPS) is 24.2. The van der Waals surface area contributed by atoms with Crippen molar-refractivity contribution < 1.29 is 0 Å². The van der Waals surface area contributed by atoms with Crippen molar-refractivity contribution in [2.24, 2.45) is 10.8 Å². The van der Waals surface area contributed by atoms with Gasteiger partial charge in [0.05, 0.1) is 0 Å². The minimum Gasteiger partial charge on any atom is -0.0620 e. The van der Waals surface area contributed by atoms with E-state index in [4.69, 9.17) is 0 Å². The number of fused-ring (bicyclic) bond motifs is 2. The van der Waals surface area contributed by atoms with E-state index in [9.17, 15) is 0 Å². The number of allylic oxidation sites excluding steroid dienone is 2. The second kappa shape index (κ2) is 4.35. The number of hydrogen-bond donors (Lipinski definition) is 0. The average Bonchev–Trinajstić information content (AvgIpc) is 2.86. The first-order valence-corrected chi connectivity index (χ1v) is 8.32. The van der Waals surface area contributed by atoms with E-state index in [0.717, 1.165) is 12.8 Å². The molecule has 0 bridgehead atoms. The third-order valence-corrected chi connectivity index (χ3v) is 5.44. The van der Waals surface area contributed by atoms with Gasteiger partial charge in [-0.2, -0.15) is 0 Å². The molecule has 0 saturated carbocycles. The van der Waals surface area contributed by atoms with Crippen LogP contribution in [0.5, 0.6) is 0 Å². The molecule has 0 spiro atoms. The van der Waals surface area contributed by atoms with Crippen LogP contribution >= 0.6 is 0 Å². The summed E-state index contributed by atoms with van der Waals surface area (Å²) >= 11 is 0. The summed E-state index contributed by atoms with van der Waals surface area (Å²) in [6, 6.07) is 18.0. The SMILES string of the molecule is CC1(C)Cc2ccccc2/C1=C1\c2ccccc2CC1(C)C. The fourth-order valence-corrected chi connectivity index (χ4v) is 4.64. The molecule has 2 aromatic carbocycles. The van der Waals surface area contributed by atoms with E-state index in [0.29, 0.717) is 0 Å². The van der Waals surface area contributed by atoms with Crippen molar-refractivity contribution in [3.8, 4) is 0 Å². The molecule has 0 amide bonds. The Morgan fingerprint density at radius 2 is 0.955 bits per heavy atom. The lowest BCUT2D eigenvalue weighted by Crippen LogP contribution is -2.17. The summed E-state index contributed by atoms with van der Waals surface area (Å²) in [5.74, 6) is 0. The van der Waals surface area contributed by atoms with Crippen LogP contribution < -0.4 is 0 Å². The van der Waals surface area contributed by atoms with Crippen LogP contribution in [0.3, 0.4) is 0 Å². The van der Waals surface area contributed by atoms with Crippen LogP contribution in [-0.2, 0) is 12.8 Å². The van der Waals surface area contributed by atoms with E-state index in [1.165, 1.54) is 22.3 Å². The molecule has 112 valence electrons. The Kier molecular flexibility index (Phi) is 2.73. The van der Waals surface area contributed by atoms with Crippen LogP contribution in [-0.4, -0.2) is 0 Å². The van der Waals surface area contributed by atoms with E-state index in [1.807, 2.05) is 0 Å². The van der Waals surface area contributed by atoms with Gasteiger partial charge in [0, 0.05) is 0 Å². The number of rotatable bonds is 0. The van der Waals surface area contributed by atoms with Crippen molar-refractivity contribution in [1.29, 1.82) is 0 Å². The average molecular weight is 288 g/mol. The van der Waals surface area contributed by atoms with Crippen LogP contribution in [0.1, 0.15) is 49.9 Å². The van der Waals surface area contributed by atoms with Crippen molar-refractivity contribution >= 4 is 11.1 Å². The zero-order chi connectivity index (χ0) is 15.5. The summed E-state index contributed by atoms with van der Waals surface area (Å²) in [7, 11) is 0. The number of benzene rings is 2. The Labute approximate surface area is 133 Å². The monoisotopic (exact) mass is 288 g/mol. The molecule has 2 aliphatic carbocycles. The van der Waals surface area contributed by atoms with Crippen LogP contribution in [0.15, 0.2) is 48.5 Å². The molecule has 0 unspecified atom stereocenters. The van der Waals surface area contributed by atoms with Crippen molar-refractivity contribution in [3.63, 3.8) is 0 Å². The van der Waals surface area contributed by atoms with Crippen LogP contribution in [0, 0.1) is 10.8 Å². The quantitative estimate of drug-likeness (QED) is 0.578. The first-order valence-electron chi connectivity index (χ1n) is 8.32. The van der Waals surface area contributed by atoms with Crippen LogP contribution in [0.4, 0.5) is 0 Å². The molecule has 0 heteroatoms. The van der Waals surface area contributed by atoms with E-state index in [-0.39, 0.29) is 10.8 Å². The van der Waals surface area contributed by atoms with E-state index in [2.05, 4.69) is 76.2 Å². The van der Waals surface area contributed by atoms with Gasteiger partial charge in [0.1, 0.15) is 0 Å². The lowest BCUT2D eigenvalue weighted by atomic mass is 9.74. The fraction of sp³-hybridized carbons (Fsp3) is 0.364. The van der Waals surface area contributed by atoms with Crippen molar-refractivity contribution in [2.45, 2.75) is 40.5 Å². The van der Waals surface area contributed by atoms with E-state index >= 15 is 0 Å². The Morgan fingerprint density at radius 3 is 1.36 bits per heavy atom. The first-order chi connectivity index (χ1) is 10.4. The summed E-state index contributed by atoms with van der Waals surface area (Å²) in [5, 5.41) is 0. The predicted octanol–water partition coefficient (Wildman–Crippen LogP) is 5.76. The minimum absolute atomic E-state index is 0.216. The smallest absolute Gasteiger partial charge is 0.00538 e. The molecule has 22 heavy (non-hydrogen) atoms. The van der Waals surface area contributed by atoms with Crippen LogP contribution in [0.2, 0.25) is 0 Å². The van der Waals surface area contributed by atoms with Gasteiger partial charge in [-0.25, -0.2) is 0 Å². The molecular weight excluding hydrogens is 264 g/mol.